The number of rotatable bonds is 6. The number of amides is 2. The maximum atomic E-state index is 12.5. The molecule has 3 aliphatic rings. The lowest BCUT2D eigenvalue weighted by Crippen LogP contribution is -2.49. The van der Waals surface area contributed by atoms with E-state index < -0.39 is 12.1 Å². The molecule has 0 bridgehead atoms. The molecule has 0 radical (unpaired) electrons. The van der Waals surface area contributed by atoms with E-state index in [9.17, 15) is 9.59 Å². The lowest BCUT2D eigenvalue weighted by atomic mass is 9.96. The molecule has 0 unspecified atom stereocenters. The summed E-state index contributed by atoms with van der Waals surface area (Å²) in [7, 11) is 0. The minimum Gasteiger partial charge on any atom is -0.465 e. The first-order valence-electron chi connectivity index (χ1n) is 11.3. The van der Waals surface area contributed by atoms with Gasteiger partial charge >= 0.3 is 6.09 Å². The van der Waals surface area contributed by atoms with Crippen molar-refractivity contribution in [2.45, 2.75) is 41.8 Å². The summed E-state index contributed by atoms with van der Waals surface area (Å²) in [5.41, 5.74) is 7.48. The van der Waals surface area contributed by atoms with Crippen LogP contribution in [0.25, 0.3) is 21.7 Å². The van der Waals surface area contributed by atoms with Gasteiger partial charge < -0.3 is 25.6 Å². The number of hydrogen-bond acceptors (Lipinski definition) is 9. The molecule has 3 aliphatic heterocycles. The maximum Gasteiger partial charge on any atom is 0.405 e. The minimum atomic E-state index is -1.21. The van der Waals surface area contributed by atoms with Gasteiger partial charge in [-0.25, -0.2) is 24.7 Å². The molecule has 1 fully saturated rings. The Hall–Kier alpha value is -3.16. The lowest BCUT2D eigenvalue weighted by molar-refractivity contribution is -0.134. The van der Waals surface area contributed by atoms with Gasteiger partial charge in [0.05, 0.1) is 21.6 Å². The molecule has 188 valence electrons. The van der Waals surface area contributed by atoms with Gasteiger partial charge in [-0.15, -0.1) is 11.3 Å². The fourth-order valence-electron chi connectivity index (χ4n) is 4.26. The van der Waals surface area contributed by atoms with Crippen molar-refractivity contribution in [3.05, 3.63) is 29.5 Å². The number of nitrogens with one attached hydrogen (secondary N) is 1. The van der Waals surface area contributed by atoms with Crippen LogP contribution in [0.1, 0.15) is 19.8 Å². The molecule has 0 saturated carbocycles. The number of likely N-dealkylation sites (tertiary alicyclic amines) is 1. The first-order chi connectivity index (χ1) is 17.3. The third kappa shape index (κ3) is 5.04. The van der Waals surface area contributed by atoms with Gasteiger partial charge in [0.15, 0.2) is 26.8 Å². The normalized spacial score (nSPS) is 15.4. The highest BCUT2D eigenvalue weighted by Crippen LogP contribution is 2.38. The molecule has 2 amide bonds. The summed E-state index contributed by atoms with van der Waals surface area (Å²) in [5, 5.41) is 12.3. The quantitative estimate of drug-likeness (QED) is 0.329. The van der Waals surface area contributed by atoms with Crippen LogP contribution >= 0.6 is 34.7 Å². The molecule has 1 saturated heterocycles. The summed E-state index contributed by atoms with van der Waals surface area (Å²) in [6.45, 7) is 3.35. The zero-order valence-electron chi connectivity index (χ0n) is 19.2. The number of nitrogens with zero attached hydrogens (tertiary/aromatic N) is 6. The van der Waals surface area contributed by atoms with Crippen LogP contribution in [0, 0.1) is 5.92 Å². The van der Waals surface area contributed by atoms with Crippen LogP contribution in [0.15, 0.2) is 34.0 Å². The highest BCUT2D eigenvalue weighted by Gasteiger charge is 2.28. The number of carboxylic acid groups (broad SMARTS) is 1. The predicted octanol–water partition coefficient (Wildman–Crippen LogP) is 3.67. The molecule has 36 heavy (non-hydrogen) atoms. The first kappa shape index (κ1) is 24.5. The van der Waals surface area contributed by atoms with Gasteiger partial charge in [-0.1, -0.05) is 17.7 Å². The standard InChI is InChI=1S/C22H23ClN8O3S2/c1-11(26-21(33)34)19(32)30-7-5-12(6-8-30)9-31-10-25-17(24)15-18(31)29-20(28-15)36-22-27-14-4-2-3-13(23)16(14)35-22/h2-4,10-12,26H,5-9,24H2,1H3,(H,33,34)/t11-/m1/s1. The molecule has 5 rings (SSSR count). The molecular formula is C22H23ClN8O3S2. The number of nitrogens with two attached hydrogens (primary N) is 1. The first-order valence-corrected chi connectivity index (χ1v) is 13.3. The van der Waals surface area contributed by atoms with Crippen molar-refractivity contribution in [1.29, 1.82) is 0 Å². The summed E-state index contributed by atoms with van der Waals surface area (Å²) in [6, 6.07) is 4.86. The number of carbonyl (C=O) groups excluding carboxylic acids is 1. The van der Waals surface area contributed by atoms with Crippen LogP contribution < -0.4 is 11.1 Å². The van der Waals surface area contributed by atoms with E-state index in [1.54, 1.807) is 18.2 Å². The number of carbonyl (C=O) groups is 2. The van der Waals surface area contributed by atoms with Gasteiger partial charge in [-0.3, -0.25) is 4.79 Å². The Morgan fingerprint density at radius 1 is 1.31 bits per heavy atom. The highest BCUT2D eigenvalue weighted by atomic mass is 35.5. The third-order valence-corrected chi connectivity index (χ3v) is 8.55. The largest absolute Gasteiger partial charge is 0.465 e. The second-order valence-electron chi connectivity index (χ2n) is 8.57. The van der Waals surface area contributed by atoms with E-state index >= 15 is 0 Å². The Bertz CT molecular complexity index is 1400. The van der Waals surface area contributed by atoms with E-state index in [-0.39, 0.29) is 5.91 Å². The van der Waals surface area contributed by atoms with Crippen molar-refractivity contribution < 1.29 is 14.7 Å². The second-order valence-corrected chi connectivity index (χ2v) is 11.2. The van der Waals surface area contributed by atoms with Crippen LogP contribution in [0.5, 0.6) is 0 Å². The summed E-state index contributed by atoms with van der Waals surface area (Å²) < 4.78 is 3.66. The molecule has 14 heteroatoms. The Morgan fingerprint density at radius 3 is 2.81 bits per heavy atom. The third-order valence-electron chi connectivity index (χ3n) is 6.09. The fourth-order valence-corrected chi connectivity index (χ4v) is 6.46. The van der Waals surface area contributed by atoms with Gasteiger partial charge in [0.25, 0.3) is 0 Å². The number of thiazole rings is 1. The number of benzene rings is 1. The predicted molar refractivity (Wildman–Crippen MR) is 138 cm³/mol. The number of piperidine rings is 1. The SMILES string of the molecule is C[C@@H](NC(=O)O)C(=O)N1CCC(Cn2cnc(N)c3nc(Sc4nc5cccc(Cl)c5s4)nc2-3)CC1. The average molecular weight is 547 g/mol. The van der Waals surface area contributed by atoms with Crippen LogP contribution in [-0.4, -0.2) is 65.6 Å². The number of hydrogen-bond donors (Lipinski definition) is 3. The smallest absolute Gasteiger partial charge is 0.405 e. The van der Waals surface area contributed by atoms with Crippen molar-refractivity contribution in [2.75, 3.05) is 18.8 Å². The van der Waals surface area contributed by atoms with Crippen molar-refractivity contribution in [3.8, 4) is 11.5 Å². The van der Waals surface area contributed by atoms with Crippen LogP contribution in [-0.2, 0) is 11.3 Å². The Morgan fingerprint density at radius 2 is 2.08 bits per heavy atom. The molecule has 1 atom stereocenters. The zero-order chi connectivity index (χ0) is 25.4. The highest BCUT2D eigenvalue weighted by molar-refractivity contribution is 8.01. The number of nitrogen functional groups attached to an aromatic ring is 1. The Kier molecular flexibility index (Phi) is 6.86. The van der Waals surface area contributed by atoms with E-state index in [0.717, 1.165) is 27.4 Å². The number of anilines is 1. The second kappa shape index (κ2) is 10.1. The lowest BCUT2D eigenvalue weighted by Gasteiger charge is -2.34. The summed E-state index contributed by atoms with van der Waals surface area (Å²) >= 11 is 9.14. The molecule has 2 aromatic rings. The van der Waals surface area contributed by atoms with Gasteiger partial charge in [0.2, 0.25) is 5.91 Å². The molecule has 1 aromatic heterocycles. The van der Waals surface area contributed by atoms with Gasteiger partial charge in [0.1, 0.15) is 6.04 Å². The van der Waals surface area contributed by atoms with Gasteiger partial charge in [-0.05, 0) is 49.6 Å². The van der Waals surface area contributed by atoms with E-state index in [2.05, 4.69) is 20.3 Å². The summed E-state index contributed by atoms with van der Waals surface area (Å²) in [5.74, 6) is 1.06. The molecule has 4 heterocycles. The van der Waals surface area contributed by atoms with Crippen LogP contribution in [0.4, 0.5) is 10.6 Å². The zero-order valence-corrected chi connectivity index (χ0v) is 21.6. The van der Waals surface area contributed by atoms with Gasteiger partial charge in [0, 0.05) is 19.6 Å². The number of fused-ring (bicyclic) bond motifs is 2. The van der Waals surface area contributed by atoms with Crippen LogP contribution in [0.2, 0.25) is 5.02 Å². The summed E-state index contributed by atoms with van der Waals surface area (Å²) in [6.07, 6.45) is 2.04. The minimum absolute atomic E-state index is 0.209. The number of imidazole rings is 1. The molecule has 0 spiro atoms. The number of aromatic nitrogens is 5. The average Bonchev–Trinajstić information content (AvgIpc) is 3.46. The molecule has 4 N–H and O–H groups in total. The van der Waals surface area contributed by atoms with Gasteiger partial charge in [-0.2, -0.15) is 0 Å². The molecule has 1 aromatic carbocycles. The molecular weight excluding hydrogens is 524 g/mol. The number of halogens is 1. The van der Waals surface area contributed by atoms with E-state index in [1.165, 1.54) is 23.1 Å². The Balaban J connectivity index is 1.28. The molecule has 11 nitrogen and oxygen atoms in total. The van der Waals surface area contributed by atoms with Crippen LogP contribution in [0.3, 0.4) is 0 Å². The van der Waals surface area contributed by atoms with Crippen molar-refractivity contribution >= 4 is 62.7 Å². The maximum absolute atomic E-state index is 12.5. The van der Waals surface area contributed by atoms with Crippen molar-refractivity contribution in [2.24, 2.45) is 5.92 Å². The van der Waals surface area contributed by atoms with Crippen molar-refractivity contribution in [3.63, 3.8) is 0 Å². The Labute approximate surface area is 219 Å². The van der Waals surface area contributed by atoms with Crippen molar-refractivity contribution in [1.82, 2.24) is 34.7 Å². The van der Waals surface area contributed by atoms with E-state index in [1.807, 2.05) is 22.8 Å². The monoisotopic (exact) mass is 546 g/mol. The van der Waals surface area contributed by atoms with E-state index in [0.29, 0.717) is 53.1 Å². The topological polar surface area (TPSA) is 152 Å². The van der Waals surface area contributed by atoms with E-state index in [4.69, 9.17) is 27.4 Å². The fraction of sp³-hybridized carbons (Fsp3) is 0.364. The summed E-state index contributed by atoms with van der Waals surface area (Å²) in [4.78, 5) is 43.3. The molecule has 0 aliphatic carbocycles.